The van der Waals surface area contributed by atoms with Crippen molar-refractivity contribution in [3.05, 3.63) is 59.4 Å². The number of methoxy groups -OCH3 is 1. The number of rotatable bonds is 10. The van der Waals surface area contributed by atoms with Crippen molar-refractivity contribution in [1.29, 1.82) is 0 Å². The van der Waals surface area contributed by atoms with E-state index in [0.717, 1.165) is 18.4 Å². The zero-order valence-corrected chi connectivity index (χ0v) is 20.5. The van der Waals surface area contributed by atoms with Crippen molar-refractivity contribution in [2.75, 3.05) is 31.6 Å². The first-order valence-electron chi connectivity index (χ1n) is 12.0. The SMILES string of the molecule is CCCCN(C(=O)CN1C[C@H](c2ccc(OC)cc2)[C@@H](C(=O)O)[C@@H]1CC)c1ccc(F)c(C)c1. The maximum atomic E-state index is 13.8. The summed E-state index contributed by atoms with van der Waals surface area (Å²) in [6, 6.07) is 12.0. The Balaban J connectivity index is 1.86. The third-order valence-electron chi connectivity index (χ3n) is 6.82. The molecule has 1 N–H and O–H groups in total. The summed E-state index contributed by atoms with van der Waals surface area (Å²) >= 11 is 0. The summed E-state index contributed by atoms with van der Waals surface area (Å²) in [4.78, 5) is 29.5. The molecule has 0 saturated carbocycles. The number of likely N-dealkylation sites (tertiary alicyclic amines) is 1. The Morgan fingerprint density at radius 1 is 1.18 bits per heavy atom. The van der Waals surface area contributed by atoms with E-state index in [-0.39, 0.29) is 30.2 Å². The van der Waals surface area contributed by atoms with E-state index in [1.807, 2.05) is 36.1 Å². The molecule has 0 bridgehead atoms. The first-order chi connectivity index (χ1) is 16.3. The largest absolute Gasteiger partial charge is 0.497 e. The minimum atomic E-state index is -0.848. The van der Waals surface area contributed by atoms with Crippen LogP contribution in [0.4, 0.5) is 10.1 Å². The molecule has 1 aliphatic rings. The van der Waals surface area contributed by atoms with E-state index in [0.29, 0.717) is 36.5 Å². The number of benzene rings is 2. The summed E-state index contributed by atoms with van der Waals surface area (Å²) < 4.78 is 19.1. The van der Waals surface area contributed by atoms with Crippen molar-refractivity contribution in [1.82, 2.24) is 4.90 Å². The van der Waals surface area contributed by atoms with Gasteiger partial charge in [-0.15, -0.1) is 0 Å². The number of carbonyl (C=O) groups is 2. The molecule has 1 heterocycles. The number of carboxylic acid groups (broad SMARTS) is 1. The fourth-order valence-corrected chi connectivity index (χ4v) is 4.96. The van der Waals surface area contributed by atoms with Crippen LogP contribution in [0.5, 0.6) is 5.75 Å². The minimum Gasteiger partial charge on any atom is -0.497 e. The van der Waals surface area contributed by atoms with Crippen LogP contribution in [0.3, 0.4) is 0 Å². The quantitative estimate of drug-likeness (QED) is 0.537. The Morgan fingerprint density at radius 3 is 2.44 bits per heavy atom. The van der Waals surface area contributed by atoms with Crippen LogP contribution in [-0.2, 0) is 9.59 Å². The number of hydrogen-bond donors (Lipinski definition) is 1. The van der Waals surface area contributed by atoms with E-state index < -0.39 is 11.9 Å². The number of amides is 1. The van der Waals surface area contributed by atoms with Crippen LogP contribution in [0.15, 0.2) is 42.5 Å². The Kier molecular flexibility index (Phi) is 8.67. The first kappa shape index (κ1) is 25.7. The number of carbonyl (C=O) groups excluding carboxylic acids is 1. The van der Waals surface area contributed by atoms with Gasteiger partial charge in [-0.2, -0.15) is 0 Å². The molecule has 1 fully saturated rings. The summed E-state index contributed by atoms with van der Waals surface area (Å²) in [5, 5.41) is 10.1. The summed E-state index contributed by atoms with van der Waals surface area (Å²) in [5.41, 5.74) is 2.09. The third-order valence-corrected chi connectivity index (χ3v) is 6.82. The van der Waals surface area contributed by atoms with E-state index in [9.17, 15) is 19.1 Å². The second-order valence-electron chi connectivity index (χ2n) is 8.98. The molecule has 0 aliphatic carbocycles. The Hall–Kier alpha value is -2.93. The number of carboxylic acids is 1. The Bertz CT molecular complexity index is 995. The van der Waals surface area contributed by atoms with Crippen molar-refractivity contribution in [2.24, 2.45) is 5.92 Å². The highest BCUT2D eigenvalue weighted by molar-refractivity contribution is 5.95. The van der Waals surface area contributed by atoms with Gasteiger partial charge in [0, 0.05) is 30.7 Å². The predicted molar refractivity (Wildman–Crippen MR) is 131 cm³/mol. The molecule has 2 aromatic carbocycles. The lowest BCUT2D eigenvalue weighted by atomic mass is 9.84. The highest BCUT2D eigenvalue weighted by atomic mass is 19.1. The van der Waals surface area contributed by atoms with Gasteiger partial charge in [-0.05, 0) is 61.2 Å². The van der Waals surface area contributed by atoms with Crippen molar-refractivity contribution in [2.45, 2.75) is 52.0 Å². The van der Waals surface area contributed by atoms with Gasteiger partial charge >= 0.3 is 5.97 Å². The molecule has 184 valence electrons. The van der Waals surface area contributed by atoms with Gasteiger partial charge in [-0.3, -0.25) is 14.5 Å². The number of hydrogen-bond acceptors (Lipinski definition) is 4. The van der Waals surface area contributed by atoms with Crippen LogP contribution >= 0.6 is 0 Å². The van der Waals surface area contributed by atoms with Crippen LogP contribution in [0.25, 0.3) is 0 Å². The highest BCUT2D eigenvalue weighted by Gasteiger charge is 2.46. The van der Waals surface area contributed by atoms with Crippen molar-refractivity contribution < 1.29 is 23.8 Å². The highest BCUT2D eigenvalue weighted by Crippen LogP contribution is 2.39. The normalized spacial score (nSPS) is 20.3. The fraction of sp³-hybridized carbons (Fsp3) is 0.481. The summed E-state index contributed by atoms with van der Waals surface area (Å²) in [5.74, 6) is -1.36. The van der Waals surface area contributed by atoms with Crippen LogP contribution in [0.1, 0.15) is 50.2 Å². The average molecular weight is 471 g/mol. The number of unbranched alkanes of at least 4 members (excludes halogenated alkanes) is 1. The van der Waals surface area contributed by atoms with Crippen molar-refractivity contribution in [3.8, 4) is 5.75 Å². The average Bonchev–Trinajstić information content (AvgIpc) is 3.19. The zero-order valence-electron chi connectivity index (χ0n) is 20.5. The first-order valence-corrected chi connectivity index (χ1v) is 12.0. The number of anilines is 1. The molecule has 34 heavy (non-hydrogen) atoms. The smallest absolute Gasteiger partial charge is 0.308 e. The van der Waals surface area contributed by atoms with Crippen molar-refractivity contribution >= 4 is 17.6 Å². The molecular weight excluding hydrogens is 435 g/mol. The van der Waals surface area contributed by atoms with Gasteiger partial charge in [-0.1, -0.05) is 32.4 Å². The van der Waals surface area contributed by atoms with E-state index in [4.69, 9.17) is 4.74 Å². The molecule has 7 heteroatoms. The maximum absolute atomic E-state index is 13.8. The molecule has 2 aromatic rings. The number of nitrogens with zero attached hydrogens (tertiary/aromatic N) is 2. The molecule has 0 radical (unpaired) electrons. The topological polar surface area (TPSA) is 70.1 Å². The minimum absolute atomic E-state index is 0.0996. The standard InChI is InChI=1S/C27H35FN2O4/c1-5-7-14-30(20-10-13-23(28)18(3)15-20)25(31)17-29-16-22(26(27(32)33)24(29)6-2)19-8-11-21(34-4)12-9-19/h8-13,15,22,24,26H,5-7,14,16-17H2,1-4H3,(H,32,33)/t22-,24+,26-/m1/s1. The van der Waals surface area contributed by atoms with E-state index in [1.165, 1.54) is 6.07 Å². The van der Waals surface area contributed by atoms with Gasteiger partial charge in [0.15, 0.2) is 0 Å². The molecule has 1 amide bonds. The summed E-state index contributed by atoms with van der Waals surface area (Å²) in [7, 11) is 1.60. The van der Waals surface area contributed by atoms with Gasteiger partial charge in [-0.25, -0.2) is 4.39 Å². The lowest BCUT2D eigenvalue weighted by Gasteiger charge is -2.29. The summed E-state index contributed by atoms with van der Waals surface area (Å²) in [6.45, 7) is 6.85. The lowest BCUT2D eigenvalue weighted by Crippen LogP contribution is -2.44. The molecule has 0 unspecified atom stereocenters. The number of aryl methyl sites for hydroxylation is 1. The van der Waals surface area contributed by atoms with E-state index >= 15 is 0 Å². The molecule has 3 rings (SSSR count). The molecular formula is C27H35FN2O4. The zero-order chi connectivity index (χ0) is 24.8. The molecule has 1 saturated heterocycles. The number of ether oxygens (including phenoxy) is 1. The van der Waals surface area contributed by atoms with Crippen molar-refractivity contribution in [3.63, 3.8) is 0 Å². The molecule has 3 atom stereocenters. The predicted octanol–water partition coefficient (Wildman–Crippen LogP) is 4.85. The molecule has 0 aromatic heterocycles. The Labute approximate surface area is 201 Å². The Morgan fingerprint density at radius 2 is 1.88 bits per heavy atom. The van der Waals surface area contributed by atoms with Gasteiger partial charge in [0.25, 0.3) is 0 Å². The van der Waals surface area contributed by atoms with Gasteiger partial charge in [0.2, 0.25) is 5.91 Å². The number of halogens is 1. The fourth-order valence-electron chi connectivity index (χ4n) is 4.96. The molecule has 6 nitrogen and oxygen atoms in total. The van der Waals surface area contributed by atoms with Crippen LogP contribution < -0.4 is 9.64 Å². The van der Waals surface area contributed by atoms with Crippen LogP contribution in [0, 0.1) is 18.7 Å². The van der Waals surface area contributed by atoms with Gasteiger partial charge < -0.3 is 14.7 Å². The van der Waals surface area contributed by atoms with E-state index in [1.54, 1.807) is 31.1 Å². The van der Waals surface area contributed by atoms with Gasteiger partial charge in [0.05, 0.1) is 19.6 Å². The second kappa shape index (κ2) is 11.5. The molecule has 1 aliphatic heterocycles. The van der Waals surface area contributed by atoms with Crippen LogP contribution in [-0.4, -0.2) is 54.7 Å². The number of aliphatic carboxylic acids is 1. The van der Waals surface area contributed by atoms with Crippen LogP contribution in [0.2, 0.25) is 0 Å². The monoisotopic (exact) mass is 470 g/mol. The van der Waals surface area contributed by atoms with E-state index in [2.05, 4.69) is 6.92 Å². The maximum Gasteiger partial charge on any atom is 0.308 e. The third kappa shape index (κ3) is 5.58. The second-order valence-corrected chi connectivity index (χ2v) is 8.98. The summed E-state index contributed by atoms with van der Waals surface area (Å²) in [6.07, 6.45) is 2.37. The lowest BCUT2D eigenvalue weighted by molar-refractivity contribution is -0.143. The molecule has 0 spiro atoms. The van der Waals surface area contributed by atoms with Gasteiger partial charge in [0.1, 0.15) is 11.6 Å².